The Labute approximate surface area is 46.0 Å². The molecule has 5 heavy (non-hydrogen) atoms. The van der Waals surface area contributed by atoms with Gasteiger partial charge in [0.2, 0.25) is 0 Å². The van der Waals surface area contributed by atoms with Crippen molar-refractivity contribution in [2.75, 3.05) is 0 Å². The van der Waals surface area contributed by atoms with Crippen molar-refractivity contribution in [2.45, 2.75) is 6.42 Å². The first kappa shape index (κ1) is 9.03. The predicted molar refractivity (Wildman–Crippen MR) is 18.8 cm³/mol. The average Bonchev–Trinajstić information content (AvgIpc) is 1.37. The van der Waals surface area contributed by atoms with Crippen LogP contribution < -0.4 is 0 Å². The molecule has 0 rings (SSSR count). The van der Waals surface area contributed by atoms with Crippen LogP contribution in [0.3, 0.4) is 0 Å². The molecule has 0 aliphatic heterocycles. The Morgan fingerprint density at radius 1 is 1.80 bits per heavy atom. The molecule has 0 saturated carbocycles. The zero-order chi connectivity index (χ0) is 3.41. The number of hydrogen-bond donors (Lipinski definition) is 0. The minimum absolute atomic E-state index is 0. The van der Waals surface area contributed by atoms with E-state index in [1.807, 2.05) is 0 Å². The van der Waals surface area contributed by atoms with Gasteiger partial charge in [0.15, 0.2) is 0 Å². The second kappa shape index (κ2) is 8.84. The molecule has 0 nitrogen and oxygen atoms in total. The van der Waals surface area contributed by atoms with Crippen molar-refractivity contribution < 1.29 is 19.5 Å². The van der Waals surface area contributed by atoms with Crippen LogP contribution in [0, 0.1) is 13.5 Å². The Morgan fingerprint density at radius 3 is 2.00 bits per heavy atom. The molecule has 0 amide bonds. The van der Waals surface area contributed by atoms with Gasteiger partial charge in [0, 0.05) is 0 Å². The third-order valence-corrected chi connectivity index (χ3v) is 0.167. The molecule has 0 radical (unpaired) electrons. The van der Waals surface area contributed by atoms with E-state index in [9.17, 15) is 0 Å². The van der Waals surface area contributed by atoms with E-state index in [1.54, 1.807) is 0 Å². The van der Waals surface area contributed by atoms with Crippen molar-refractivity contribution in [1.82, 2.24) is 0 Å². The summed E-state index contributed by atoms with van der Waals surface area (Å²) in [6.07, 6.45) is 2.24. The summed E-state index contributed by atoms with van der Waals surface area (Å²) >= 11 is 0. The third-order valence-electron chi connectivity index (χ3n) is 0.167. The van der Waals surface area contributed by atoms with E-state index in [1.165, 1.54) is 6.08 Å². The molecule has 0 aromatic heterocycles. The standard InChI is InChI=1S/C4H6.Zn/c1-3-4-2;/h1,3H,2,4H2;/q-2;+2. The summed E-state index contributed by atoms with van der Waals surface area (Å²) in [4.78, 5) is 0. The quantitative estimate of drug-likeness (QED) is 0.359. The SMILES string of the molecule is [CH-]=CC[CH2-].[Zn+2]. The maximum Gasteiger partial charge on any atom is 2.00 e. The molecule has 0 aromatic carbocycles. The molecule has 0 fully saturated rings. The largest absolute Gasteiger partial charge is 2.00 e. The van der Waals surface area contributed by atoms with Crippen molar-refractivity contribution in [3.05, 3.63) is 19.6 Å². The second-order valence-corrected chi connectivity index (χ2v) is 0.524. The Balaban J connectivity index is 0. The first-order chi connectivity index (χ1) is 1.91. The number of hydrogen-bond acceptors (Lipinski definition) is 0. The minimum atomic E-state index is 0. The maximum absolute atomic E-state index is 4.84. The molecule has 0 heterocycles. The zero-order valence-electron chi connectivity index (χ0n) is 3.28. The molecule has 0 aliphatic rings. The van der Waals surface area contributed by atoms with Crippen molar-refractivity contribution in [3.8, 4) is 0 Å². The fraction of sp³-hybridized carbons (Fsp3) is 0.250. The van der Waals surface area contributed by atoms with Gasteiger partial charge >= 0.3 is 19.5 Å². The van der Waals surface area contributed by atoms with Gasteiger partial charge in [-0.25, -0.2) is 0 Å². The van der Waals surface area contributed by atoms with Crippen molar-refractivity contribution >= 4 is 0 Å². The van der Waals surface area contributed by atoms with Crippen molar-refractivity contribution in [3.63, 3.8) is 0 Å². The Bertz CT molecular complexity index is 17.6. The molecule has 0 unspecified atom stereocenters. The van der Waals surface area contributed by atoms with E-state index in [2.05, 4.69) is 6.92 Å². The van der Waals surface area contributed by atoms with Crippen LogP contribution in [0.1, 0.15) is 6.42 Å². The van der Waals surface area contributed by atoms with Gasteiger partial charge in [-0.15, -0.1) is 0 Å². The average molecular weight is 119 g/mol. The molecule has 1 heteroatoms. The molecular weight excluding hydrogens is 113 g/mol. The van der Waals surface area contributed by atoms with E-state index >= 15 is 0 Å². The first-order valence-corrected chi connectivity index (χ1v) is 1.24. The monoisotopic (exact) mass is 118 g/mol. The van der Waals surface area contributed by atoms with Gasteiger partial charge in [-0.2, -0.15) is 6.42 Å². The summed E-state index contributed by atoms with van der Waals surface area (Å²) in [5.41, 5.74) is 0. The summed E-state index contributed by atoms with van der Waals surface area (Å²) in [5, 5.41) is 0. The van der Waals surface area contributed by atoms with Gasteiger partial charge < -0.3 is 19.6 Å². The molecular formula is C4H6Zn. The van der Waals surface area contributed by atoms with Gasteiger partial charge in [-0.05, 0) is 0 Å². The molecule has 0 N–H and O–H groups in total. The first-order valence-electron chi connectivity index (χ1n) is 1.24. The Morgan fingerprint density at radius 2 is 2.00 bits per heavy atom. The molecule has 0 aliphatic carbocycles. The second-order valence-electron chi connectivity index (χ2n) is 0.524. The van der Waals surface area contributed by atoms with Crippen LogP contribution in [0.2, 0.25) is 0 Å². The van der Waals surface area contributed by atoms with Crippen LogP contribution in [0.4, 0.5) is 0 Å². The van der Waals surface area contributed by atoms with E-state index < -0.39 is 0 Å². The van der Waals surface area contributed by atoms with Crippen LogP contribution in [0.15, 0.2) is 6.08 Å². The summed E-state index contributed by atoms with van der Waals surface area (Å²) < 4.78 is 0. The van der Waals surface area contributed by atoms with Gasteiger partial charge in [0.25, 0.3) is 0 Å². The summed E-state index contributed by atoms with van der Waals surface area (Å²) in [6.45, 7) is 8.26. The van der Waals surface area contributed by atoms with E-state index in [0.717, 1.165) is 6.42 Å². The normalized spacial score (nSPS) is 5.00. The zero-order valence-corrected chi connectivity index (χ0v) is 6.24. The fourth-order valence-electron chi connectivity index (χ4n) is 0. The topological polar surface area (TPSA) is 0 Å². The number of rotatable bonds is 1. The summed E-state index contributed by atoms with van der Waals surface area (Å²) in [7, 11) is 0. The van der Waals surface area contributed by atoms with Crippen molar-refractivity contribution in [1.29, 1.82) is 0 Å². The molecule has 0 saturated heterocycles. The maximum atomic E-state index is 4.84. The smallest absolute Gasteiger partial charge is 0.520 e. The molecule has 0 spiro atoms. The molecule has 0 atom stereocenters. The van der Waals surface area contributed by atoms with Crippen molar-refractivity contribution in [2.24, 2.45) is 0 Å². The Hall–Kier alpha value is 0.363. The van der Waals surface area contributed by atoms with Gasteiger partial charge in [-0.1, -0.05) is 0 Å². The number of allylic oxidation sites excluding steroid dienone is 1. The van der Waals surface area contributed by atoms with Gasteiger partial charge in [0.1, 0.15) is 0 Å². The minimum Gasteiger partial charge on any atom is -0.520 e. The summed E-state index contributed by atoms with van der Waals surface area (Å²) in [6, 6.07) is 0. The van der Waals surface area contributed by atoms with Gasteiger partial charge in [-0.3, -0.25) is 0 Å². The third kappa shape index (κ3) is 13.1. The Kier molecular flexibility index (Phi) is 16.0. The van der Waals surface area contributed by atoms with E-state index in [-0.39, 0.29) is 19.5 Å². The van der Waals surface area contributed by atoms with E-state index in [0.29, 0.717) is 0 Å². The summed E-state index contributed by atoms with van der Waals surface area (Å²) in [5.74, 6) is 0. The van der Waals surface area contributed by atoms with Crippen LogP contribution in [-0.4, -0.2) is 0 Å². The molecule has 0 bridgehead atoms. The molecule has 24 valence electrons. The van der Waals surface area contributed by atoms with Crippen LogP contribution >= 0.6 is 0 Å². The van der Waals surface area contributed by atoms with Gasteiger partial charge in [0.05, 0.1) is 0 Å². The van der Waals surface area contributed by atoms with Crippen LogP contribution in [-0.2, 0) is 19.5 Å². The fourth-order valence-corrected chi connectivity index (χ4v) is 0. The predicted octanol–water partition coefficient (Wildman–Crippen LogP) is 1.20. The molecule has 0 aromatic rings. The van der Waals surface area contributed by atoms with Crippen LogP contribution in [0.5, 0.6) is 0 Å². The van der Waals surface area contributed by atoms with E-state index in [4.69, 9.17) is 6.58 Å². The van der Waals surface area contributed by atoms with Crippen LogP contribution in [0.25, 0.3) is 0 Å².